The number of hydrogen-bond donors (Lipinski definition) is 3. The Hall–Kier alpha value is -3.34. The molecule has 9 nitrogen and oxygen atoms in total. The maximum Gasteiger partial charge on any atom is 0.414 e. The zero-order chi connectivity index (χ0) is 22.4. The summed E-state index contributed by atoms with van der Waals surface area (Å²) in [5.41, 5.74) is 2.06. The molecule has 0 bridgehead atoms. The highest BCUT2D eigenvalue weighted by atomic mass is 32.1. The van der Waals surface area contributed by atoms with Gasteiger partial charge in [-0.3, -0.25) is 19.7 Å². The quantitative estimate of drug-likeness (QED) is 0.416. The van der Waals surface area contributed by atoms with Gasteiger partial charge < -0.3 is 20.7 Å². The zero-order valence-electron chi connectivity index (χ0n) is 17.1. The molecule has 2 aromatic rings. The minimum Gasteiger partial charge on any atom is -0.442 e. The molecule has 1 aromatic carbocycles. The summed E-state index contributed by atoms with van der Waals surface area (Å²) in [6.07, 6.45) is 2.18. The summed E-state index contributed by atoms with van der Waals surface area (Å²) in [5, 5.41) is 8.62. The topological polar surface area (TPSA) is 108 Å². The van der Waals surface area contributed by atoms with Gasteiger partial charge in [-0.15, -0.1) is 0 Å². The molecule has 31 heavy (non-hydrogen) atoms. The van der Waals surface area contributed by atoms with Gasteiger partial charge in [0.15, 0.2) is 0 Å². The fourth-order valence-corrected chi connectivity index (χ4v) is 3.09. The fraction of sp³-hybridized carbons (Fsp3) is 0.350. The number of carbonyl (C=O) groups is 2. The minimum absolute atomic E-state index is 0.210. The van der Waals surface area contributed by atoms with Crippen LogP contribution in [0.3, 0.4) is 0 Å². The van der Waals surface area contributed by atoms with E-state index in [1.807, 2.05) is 6.92 Å². The van der Waals surface area contributed by atoms with E-state index in [9.17, 15) is 14.0 Å². The first-order valence-corrected chi connectivity index (χ1v) is 10.1. The molecule has 1 saturated heterocycles. The Balaban J connectivity index is 1.49. The molecule has 0 saturated carbocycles. The molecule has 1 unspecified atom stereocenters. The third kappa shape index (κ3) is 6.07. The van der Waals surface area contributed by atoms with E-state index in [1.165, 1.54) is 17.9 Å². The van der Waals surface area contributed by atoms with Crippen LogP contribution in [0.4, 0.5) is 20.6 Å². The van der Waals surface area contributed by atoms with Crippen LogP contribution in [-0.2, 0) is 9.53 Å². The SMILES string of the molecule is CC(=O)NCC1CN(c2ccc(NCCNC(=S)c3cnc(C)cn3)c(F)c2)C(=O)O1. The number of nitrogens with one attached hydrogen (secondary N) is 3. The zero-order valence-corrected chi connectivity index (χ0v) is 18.0. The number of halogens is 1. The highest BCUT2D eigenvalue weighted by Gasteiger charge is 2.32. The largest absolute Gasteiger partial charge is 0.442 e. The number of amides is 2. The standard InChI is InChI=1S/C20H23FN6O3S/c1-12-8-26-18(10-24-12)19(31)23-6-5-22-17-4-3-14(7-16(17)21)27-11-15(30-20(27)29)9-25-13(2)28/h3-4,7-8,10,15,22H,5-6,9,11H2,1-2H3,(H,23,31)(H,25,28). The van der Waals surface area contributed by atoms with Gasteiger partial charge in [0.25, 0.3) is 0 Å². The molecule has 3 N–H and O–H groups in total. The number of nitrogens with zero attached hydrogens (tertiary/aromatic N) is 3. The lowest BCUT2D eigenvalue weighted by atomic mass is 10.2. The van der Waals surface area contributed by atoms with E-state index in [-0.39, 0.29) is 19.0 Å². The third-order valence-corrected chi connectivity index (χ3v) is 4.81. The van der Waals surface area contributed by atoms with Crippen LogP contribution in [0.25, 0.3) is 0 Å². The van der Waals surface area contributed by atoms with E-state index in [1.54, 1.807) is 24.5 Å². The van der Waals surface area contributed by atoms with Gasteiger partial charge in [0.1, 0.15) is 22.6 Å². The average molecular weight is 447 g/mol. The summed E-state index contributed by atoms with van der Waals surface area (Å²) in [6, 6.07) is 4.46. The van der Waals surface area contributed by atoms with Crippen molar-refractivity contribution in [2.75, 3.05) is 36.4 Å². The molecule has 1 fully saturated rings. The molecular weight excluding hydrogens is 423 g/mol. The number of rotatable bonds is 8. The first-order chi connectivity index (χ1) is 14.8. The fourth-order valence-electron chi connectivity index (χ4n) is 2.89. The van der Waals surface area contributed by atoms with E-state index >= 15 is 0 Å². The number of cyclic esters (lactones) is 1. The van der Waals surface area contributed by atoms with Crippen LogP contribution in [0.15, 0.2) is 30.6 Å². The van der Waals surface area contributed by atoms with Crippen molar-refractivity contribution in [2.45, 2.75) is 20.0 Å². The minimum atomic E-state index is -0.577. The molecule has 1 aromatic heterocycles. The molecule has 164 valence electrons. The highest BCUT2D eigenvalue weighted by Crippen LogP contribution is 2.25. The Morgan fingerprint density at radius 2 is 2.10 bits per heavy atom. The molecule has 2 amide bonds. The predicted octanol–water partition coefficient (Wildman–Crippen LogP) is 1.76. The van der Waals surface area contributed by atoms with Crippen LogP contribution in [0.1, 0.15) is 18.3 Å². The number of hydrogen-bond acceptors (Lipinski definition) is 7. The second kappa shape index (κ2) is 10.1. The molecule has 2 heterocycles. The number of aryl methyl sites for hydroxylation is 1. The maximum absolute atomic E-state index is 14.5. The summed E-state index contributed by atoms with van der Waals surface area (Å²) in [4.78, 5) is 33.2. The number of benzene rings is 1. The lowest BCUT2D eigenvalue weighted by Gasteiger charge is -2.15. The van der Waals surface area contributed by atoms with Crippen molar-refractivity contribution < 1.29 is 18.7 Å². The Kier molecular flexibility index (Phi) is 7.29. The summed E-state index contributed by atoms with van der Waals surface area (Å²) in [7, 11) is 0. The van der Waals surface area contributed by atoms with Crippen molar-refractivity contribution in [3.8, 4) is 0 Å². The van der Waals surface area contributed by atoms with Crippen LogP contribution < -0.4 is 20.9 Å². The lowest BCUT2D eigenvalue weighted by molar-refractivity contribution is -0.119. The normalized spacial score (nSPS) is 15.4. The van der Waals surface area contributed by atoms with Crippen molar-refractivity contribution in [1.29, 1.82) is 0 Å². The summed E-state index contributed by atoms with van der Waals surface area (Å²) in [6.45, 7) is 4.54. The lowest BCUT2D eigenvalue weighted by Crippen LogP contribution is -2.33. The number of ether oxygens (including phenoxy) is 1. The van der Waals surface area contributed by atoms with Gasteiger partial charge in [0, 0.05) is 26.2 Å². The third-order valence-electron chi connectivity index (χ3n) is 4.46. The molecule has 3 rings (SSSR count). The first kappa shape index (κ1) is 22.3. The van der Waals surface area contributed by atoms with E-state index in [4.69, 9.17) is 17.0 Å². The Morgan fingerprint density at radius 3 is 2.77 bits per heavy atom. The van der Waals surface area contributed by atoms with Crippen molar-refractivity contribution >= 4 is 40.6 Å². The molecule has 1 aliphatic rings. The van der Waals surface area contributed by atoms with E-state index in [2.05, 4.69) is 25.9 Å². The van der Waals surface area contributed by atoms with Crippen LogP contribution >= 0.6 is 12.2 Å². The van der Waals surface area contributed by atoms with Crippen molar-refractivity contribution in [2.24, 2.45) is 0 Å². The second-order valence-electron chi connectivity index (χ2n) is 6.94. The van der Waals surface area contributed by atoms with Crippen LogP contribution in [0.5, 0.6) is 0 Å². The van der Waals surface area contributed by atoms with Crippen LogP contribution in [0, 0.1) is 12.7 Å². The van der Waals surface area contributed by atoms with Gasteiger partial charge >= 0.3 is 6.09 Å². The van der Waals surface area contributed by atoms with Gasteiger partial charge in [-0.05, 0) is 25.1 Å². The van der Waals surface area contributed by atoms with E-state index in [0.29, 0.717) is 35.1 Å². The summed E-state index contributed by atoms with van der Waals surface area (Å²) < 4.78 is 19.7. The summed E-state index contributed by atoms with van der Waals surface area (Å²) in [5.74, 6) is -0.708. The molecule has 0 radical (unpaired) electrons. The highest BCUT2D eigenvalue weighted by molar-refractivity contribution is 7.80. The number of aromatic nitrogens is 2. The number of anilines is 2. The predicted molar refractivity (Wildman–Crippen MR) is 118 cm³/mol. The van der Waals surface area contributed by atoms with Gasteiger partial charge in [-0.1, -0.05) is 12.2 Å². The van der Waals surface area contributed by atoms with Gasteiger partial charge in [0.05, 0.1) is 36.4 Å². The van der Waals surface area contributed by atoms with E-state index in [0.717, 1.165) is 5.69 Å². The molecular formula is C20H23FN6O3S. The van der Waals surface area contributed by atoms with Gasteiger partial charge in [-0.25, -0.2) is 9.18 Å². The average Bonchev–Trinajstić information content (AvgIpc) is 3.11. The molecule has 11 heteroatoms. The molecule has 0 aliphatic carbocycles. The maximum atomic E-state index is 14.5. The Morgan fingerprint density at radius 1 is 1.29 bits per heavy atom. The van der Waals surface area contributed by atoms with Crippen LogP contribution in [-0.4, -0.2) is 59.2 Å². The second-order valence-corrected chi connectivity index (χ2v) is 7.35. The van der Waals surface area contributed by atoms with Gasteiger partial charge in [0.2, 0.25) is 5.91 Å². The molecule has 1 aliphatic heterocycles. The van der Waals surface area contributed by atoms with Crippen molar-refractivity contribution in [3.63, 3.8) is 0 Å². The van der Waals surface area contributed by atoms with E-state index < -0.39 is 18.0 Å². The monoisotopic (exact) mass is 446 g/mol. The van der Waals surface area contributed by atoms with Gasteiger partial charge in [-0.2, -0.15) is 0 Å². The van der Waals surface area contributed by atoms with Crippen molar-refractivity contribution in [1.82, 2.24) is 20.6 Å². The molecule has 0 spiro atoms. The first-order valence-electron chi connectivity index (χ1n) is 9.66. The van der Waals surface area contributed by atoms with Crippen LogP contribution in [0.2, 0.25) is 0 Å². The number of carbonyl (C=O) groups excluding carboxylic acids is 2. The Labute approximate surface area is 184 Å². The number of thiocarbonyl (C=S) groups is 1. The molecule has 1 atom stereocenters. The summed E-state index contributed by atoms with van der Waals surface area (Å²) >= 11 is 5.26. The van der Waals surface area contributed by atoms with Crippen molar-refractivity contribution in [3.05, 3.63) is 47.8 Å². The smallest absolute Gasteiger partial charge is 0.414 e. The Bertz CT molecular complexity index is 972.